The summed E-state index contributed by atoms with van der Waals surface area (Å²) in [6, 6.07) is 6.08. The summed E-state index contributed by atoms with van der Waals surface area (Å²) in [5.41, 5.74) is 0.831. The average molecular weight is 363 g/mol. The Morgan fingerprint density at radius 2 is 1.61 bits per heavy atom. The molecule has 1 N–H and O–H groups in total. The van der Waals surface area contributed by atoms with E-state index in [0.29, 0.717) is 11.3 Å². The van der Waals surface area contributed by atoms with Crippen LogP contribution in [-0.4, -0.2) is 60.4 Å². The maximum atomic E-state index is 11.9. The Bertz CT molecular complexity index is 755. The SMILES string of the molecule is CC(=O)c1ccc(N(CCNS(=O)(=O)N(C)C)S(C)(=O)=O)cc1. The molecule has 1 aromatic rings. The molecule has 0 radical (unpaired) electrons. The summed E-state index contributed by atoms with van der Waals surface area (Å²) in [7, 11) is -4.47. The molecule has 23 heavy (non-hydrogen) atoms. The van der Waals surface area contributed by atoms with Crippen molar-refractivity contribution in [2.45, 2.75) is 6.92 Å². The van der Waals surface area contributed by atoms with E-state index in [1.807, 2.05) is 0 Å². The van der Waals surface area contributed by atoms with Crippen molar-refractivity contribution in [3.8, 4) is 0 Å². The molecule has 8 nitrogen and oxygen atoms in total. The highest BCUT2D eigenvalue weighted by Gasteiger charge is 2.19. The van der Waals surface area contributed by atoms with E-state index < -0.39 is 20.2 Å². The molecule has 0 unspecified atom stereocenters. The largest absolute Gasteiger partial charge is 0.295 e. The number of nitrogens with one attached hydrogen (secondary N) is 1. The number of carbonyl (C=O) groups excluding carboxylic acids is 1. The first-order valence-corrected chi connectivity index (χ1v) is 10.00. The smallest absolute Gasteiger partial charge is 0.278 e. The second-order valence-electron chi connectivity index (χ2n) is 5.12. The van der Waals surface area contributed by atoms with Gasteiger partial charge in [0, 0.05) is 32.7 Å². The van der Waals surface area contributed by atoms with Crippen molar-refractivity contribution >= 4 is 31.7 Å². The molecule has 0 atom stereocenters. The summed E-state index contributed by atoms with van der Waals surface area (Å²) in [6.45, 7) is 1.27. The molecule has 0 aliphatic carbocycles. The van der Waals surface area contributed by atoms with Crippen LogP contribution in [0.1, 0.15) is 17.3 Å². The molecule has 130 valence electrons. The fourth-order valence-electron chi connectivity index (χ4n) is 1.75. The second kappa shape index (κ2) is 7.39. The lowest BCUT2D eigenvalue weighted by Gasteiger charge is -2.23. The number of hydrogen-bond acceptors (Lipinski definition) is 5. The Morgan fingerprint density at radius 1 is 1.09 bits per heavy atom. The Morgan fingerprint density at radius 3 is 2.00 bits per heavy atom. The summed E-state index contributed by atoms with van der Waals surface area (Å²) in [5.74, 6) is -0.124. The first-order chi connectivity index (χ1) is 10.4. The molecule has 1 rings (SSSR count). The zero-order chi connectivity index (χ0) is 17.8. The molecule has 0 spiro atoms. The summed E-state index contributed by atoms with van der Waals surface area (Å²) in [6.07, 6.45) is 1.03. The van der Waals surface area contributed by atoms with Crippen LogP contribution >= 0.6 is 0 Å². The lowest BCUT2D eigenvalue weighted by atomic mass is 10.1. The van der Waals surface area contributed by atoms with Crippen molar-refractivity contribution in [2.24, 2.45) is 0 Å². The molecular formula is C13H21N3O5S2. The number of hydrogen-bond donors (Lipinski definition) is 1. The third kappa shape index (κ3) is 5.57. The number of benzene rings is 1. The van der Waals surface area contributed by atoms with E-state index in [1.165, 1.54) is 45.3 Å². The maximum absolute atomic E-state index is 11.9. The number of carbonyl (C=O) groups is 1. The molecule has 0 aromatic heterocycles. The van der Waals surface area contributed by atoms with Crippen LogP contribution in [0.25, 0.3) is 0 Å². The number of rotatable bonds is 8. The molecule has 0 aliphatic rings. The Hall–Kier alpha value is -1.49. The van der Waals surface area contributed by atoms with E-state index >= 15 is 0 Å². The molecule has 1 aromatic carbocycles. The van der Waals surface area contributed by atoms with Crippen molar-refractivity contribution < 1.29 is 21.6 Å². The summed E-state index contributed by atoms with van der Waals surface area (Å²) in [4.78, 5) is 11.3. The molecule has 0 fully saturated rings. The minimum atomic E-state index is -3.62. The quantitative estimate of drug-likeness (QED) is 0.657. The monoisotopic (exact) mass is 363 g/mol. The molecular weight excluding hydrogens is 342 g/mol. The van der Waals surface area contributed by atoms with Gasteiger partial charge in [-0.15, -0.1) is 0 Å². The topological polar surface area (TPSA) is 104 Å². The molecule has 0 amide bonds. The second-order valence-corrected chi connectivity index (χ2v) is 9.00. The van der Waals surface area contributed by atoms with Crippen molar-refractivity contribution in [3.05, 3.63) is 29.8 Å². The Balaban J connectivity index is 2.93. The minimum absolute atomic E-state index is 0.0642. The van der Waals surface area contributed by atoms with Gasteiger partial charge >= 0.3 is 0 Å². The van der Waals surface area contributed by atoms with Gasteiger partial charge in [-0.25, -0.2) is 13.1 Å². The molecule has 0 heterocycles. The van der Waals surface area contributed by atoms with Gasteiger partial charge in [0.05, 0.1) is 11.9 Å². The van der Waals surface area contributed by atoms with Crippen LogP contribution in [-0.2, 0) is 20.2 Å². The summed E-state index contributed by atoms with van der Waals surface area (Å²) >= 11 is 0. The highest BCUT2D eigenvalue weighted by molar-refractivity contribution is 7.92. The van der Waals surface area contributed by atoms with Crippen molar-refractivity contribution in [1.82, 2.24) is 9.03 Å². The van der Waals surface area contributed by atoms with E-state index in [-0.39, 0.29) is 18.9 Å². The van der Waals surface area contributed by atoms with E-state index in [9.17, 15) is 21.6 Å². The van der Waals surface area contributed by atoms with Crippen LogP contribution in [0.5, 0.6) is 0 Å². The predicted molar refractivity (Wildman–Crippen MR) is 89.2 cm³/mol. The van der Waals surface area contributed by atoms with Crippen LogP contribution in [0.15, 0.2) is 24.3 Å². The standard InChI is InChI=1S/C13H21N3O5S2/c1-11(17)12-5-7-13(8-6-12)16(22(4,18)19)10-9-14-23(20,21)15(2)3/h5-8,14H,9-10H2,1-4H3. The van der Waals surface area contributed by atoms with Gasteiger partial charge in [-0.05, 0) is 31.2 Å². The summed E-state index contributed by atoms with van der Waals surface area (Å²) in [5, 5.41) is 0. The first kappa shape index (κ1) is 19.6. The minimum Gasteiger partial charge on any atom is -0.295 e. The maximum Gasteiger partial charge on any atom is 0.278 e. The highest BCUT2D eigenvalue weighted by Crippen LogP contribution is 2.18. The summed E-state index contributed by atoms with van der Waals surface area (Å²) < 4.78 is 51.5. The van der Waals surface area contributed by atoms with E-state index in [1.54, 1.807) is 0 Å². The molecule has 0 bridgehead atoms. The molecule has 0 saturated heterocycles. The van der Waals surface area contributed by atoms with Crippen LogP contribution in [0.2, 0.25) is 0 Å². The van der Waals surface area contributed by atoms with Crippen molar-refractivity contribution in [1.29, 1.82) is 0 Å². The highest BCUT2D eigenvalue weighted by atomic mass is 32.2. The normalized spacial score (nSPS) is 12.4. The fourth-order valence-corrected chi connectivity index (χ4v) is 3.29. The van der Waals surface area contributed by atoms with Gasteiger partial charge in [-0.2, -0.15) is 12.7 Å². The van der Waals surface area contributed by atoms with Crippen LogP contribution in [0.3, 0.4) is 0 Å². The van der Waals surface area contributed by atoms with Gasteiger partial charge in [0.15, 0.2) is 5.78 Å². The lowest BCUT2D eigenvalue weighted by Crippen LogP contribution is -2.42. The van der Waals surface area contributed by atoms with Gasteiger partial charge in [0.25, 0.3) is 10.2 Å². The molecule has 10 heteroatoms. The van der Waals surface area contributed by atoms with Gasteiger partial charge in [-0.1, -0.05) is 0 Å². The third-order valence-corrected chi connectivity index (χ3v) is 5.77. The van der Waals surface area contributed by atoms with Crippen molar-refractivity contribution in [2.75, 3.05) is 37.7 Å². The van der Waals surface area contributed by atoms with E-state index in [4.69, 9.17) is 0 Å². The zero-order valence-corrected chi connectivity index (χ0v) is 15.1. The van der Waals surface area contributed by atoms with Crippen molar-refractivity contribution in [3.63, 3.8) is 0 Å². The van der Waals surface area contributed by atoms with Crippen LogP contribution in [0, 0.1) is 0 Å². The van der Waals surface area contributed by atoms with Gasteiger partial charge in [0.2, 0.25) is 10.0 Å². The predicted octanol–water partition coefficient (Wildman–Crippen LogP) is 0.0512. The van der Waals surface area contributed by atoms with Gasteiger partial charge < -0.3 is 0 Å². The number of nitrogens with zero attached hydrogens (tertiary/aromatic N) is 2. The molecule has 0 saturated carbocycles. The zero-order valence-electron chi connectivity index (χ0n) is 13.5. The van der Waals surface area contributed by atoms with E-state index in [2.05, 4.69) is 4.72 Å². The third-order valence-electron chi connectivity index (χ3n) is 3.04. The van der Waals surface area contributed by atoms with Crippen LogP contribution < -0.4 is 9.03 Å². The van der Waals surface area contributed by atoms with E-state index in [0.717, 1.165) is 14.9 Å². The average Bonchev–Trinajstić information content (AvgIpc) is 2.42. The van der Waals surface area contributed by atoms with Crippen LogP contribution in [0.4, 0.5) is 5.69 Å². The Labute approximate surface area is 137 Å². The Kier molecular flexibility index (Phi) is 6.28. The number of ketones is 1. The molecule has 0 aliphatic heterocycles. The number of sulfonamides is 1. The van der Waals surface area contributed by atoms with Gasteiger partial charge in [-0.3, -0.25) is 9.10 Å². The first-order valence-electron chi connectivity index (χ1n) is 6.71. The number of Topliss-reactive ketones (excluding diaryl/α,β-unsaturated/α-hetero) is 1. The fraction of sp³-hybridized carbons (Fsp3) is 0.462. The number of anilines is 1. The van der Waals surface area contributed by atoms with Gasteiger partial charge in [0.1, 0.15) is 0 Å². The lowest BCUT2D eigenvalue weighted by molar-refractivity contribution is 0.101.